The Bertz CT molecular complexity index is 2820. The largest absolute Gasteiger partial charge is 0.255 e. The maximum Gasteiger partial charge on any atom is 0.0893 e. The van der Waals surface area contributed by atoms with E-state index in [9.17, 15) is 0 Å². The number of hydrogen-bond donors (Lipinski definition) is 0. The molecule has 236 valence electrons. The van der Waals surface area contributed by atoms with Crippen LogP contribution in [0, 0.1) is 0 Å². The molecule has 0 aliphatic heterocycles. The first-order valence-electron chi connectivity index (χ1n) is 17.6. The van der Waals surface area contributed by atoms with Gasteiger partial charge in [0.1, 0.15) is 0 Å². The summed E-state index contributed by atoms with van der Waals surface area (Å²) < 4.78 is 0. The van der Waals surface area contributed by atoms with Crippen molar-refractivity contribution < 1.29 is 0 Å². The number of rotatable bonds is 3. The molecule has 2 aromatic heterocycles. The molecule has 11 rings (SSSR count). The standard InChI is InChI=1S/C49H30N2/c1-2-14-37-31(11-1)24-25-40-41-29-34-23-22-33(32-12-9-13-35(27-32)45-20-10-21-47(51-45)46-19-7-8-26-50-46)28-36(34)30-44(41)49(48(37)40)42-17-5-3-15-38(42)39-16-4-6-18-43(39)49/h1-30H. The van der Waals surface area contributed by atoms with Gasteiger partial charge in [-0.1, -0.05) is 127 Å². The van der Waals surface area contributed by atoms with Crippen LogP contribution in [0.1, 0.15) is 22.3 Å². The van der Waals surface area contributed by atoms with Crippen LogP contribution in [0.3, 0.4) is 0 Å². The summed E-state index contributed by atoms with van der Waals surface area (Å²) in [6.07, 6.45) is 1.81. The Morgan fingerprint density at radius 1 is 0.353 bits per heavy atom. The number of benzene rings is 7. The van der Waals surface area contributed by atoms with Crippen LogP contribution in [0.4, 0.5) is 0 Å². The van der Waals surface area contributed by atoms with Gasteiger partial charge >= 0.3 is 0 Å². The molecule has 1 spiro atoms. The highest BCUT2D eigenvalue weighted by Gasteiger charge is 2.52. The van der Waals surface area contributed by atoms with Gasteiger partial charge in [-0.15, -0.1) is 0 Å². The van der Waals surface area contributed by atoms with Crippen LogP contribution in [0.25, 0.3) is 77.6 Å². The molecule has 0 unspecified atom stereocenters. The fourth-order valence-corrected chi connectivity index (χ4v) is 8.95. The van der Waals surface area contributed by atoms with Gasteiger partial charge in [0.15, 0.2) is 0 Å². The Kier molecular flexibility index (Phi) is 5.91. The molecule has 0 bridgehead atoms. The van der Waals surface area contributed by atoms with Gasteiger partial charge in [0.05, 0.1) is 22.5 Å². The number of hydrogen-bond acceptors (Lipinski definition) is 2. The van der Waals surface area contributed by atoms with Crippen molar-refractivity contribution in [2.45, 2.75) is 5.41 Å². The topological polar surface area (TPSA) is 25.8 Å². The third kappa shape index (κ3) is 3.99. The van der Waals surface area contributed by atoms with E-state index in [1.807, 2.05) is 30.5 Å². The molecule has 0 saturated heterocycles. The second-order valence-electron chi connectivity index (χ2n) is 13.7. The van der Waals surface area contributed by atoms with E-state index in [4.69, 9.17) is 4.98 Å². The number of fused-ring (bicyclic) bond motifs is 13. The fraction of sp³-hybridized carbons (Fsp3) is 0.0204. The molecule has 0 N–H and O–H groups in total. The maximum atomic E-state index is 4.99. The Labute approximate surface area is 296 Å². The summed E-state index contributed by atoms with van der Waals surface area (Å²) in [4.78, 5) is 9.51. The molecule has 2 heteroatoms. The lowest BCUT2D eigenvalue weighted by Gasteiger charge is -2.31. The zero-order valence-electron chi connectivity index (χ0n) is 27.7. The Morgan fingerprint density at radius 3 is 1.88 bits per heavy atom. The van der Waals surface area contributed by atoms with Gasteiger partial charge in [-0.05, 0) is 126 Å². The molecule has 2 nitrogen and oxygen atoms in total. The van der Waals surface area contributed by atoms with Gasteiger partial charge in [0, 0.05) is 11.8 Å². The molecular weight excluding hydrogens is 617 g/mol. The smallest absolute Gasteiger partial charge is 0.0893 e. The lowest BCUT2D eigenvalue weighted by atomic mass is 9.69. The lowest BCUT2D eigenvalue weighted by molar-refractivity contribution is 0.802. The molecule has 0 radical (unpaired) electrons. The summed E-state index contributed by atoms with van der Waals surface area (Å²) in [5, 5.41) is 5.08. The van der Waals surface area contributed by atoms with Crippen LogP contribution in [0.2, 0.25) is 0 Å². The van der Waals surface area contributed by atoms with Crippen molar-refractivity contribution in [3.63, 3.8) is 0 Å². The molecule has 51 heavy (non-hydrogen) atoms. The minimum atomic E-state index is -0.410. The quantitative estimate of drug-likeness (QED) is 0.191. The molecular formula is C49H30N2. The average Bonchev–Trinajstić information content (AvgIpc) is 3.67. The first kappa shape index (κ1) is 28.2. The first-order valence-corrected chi connectivity index (χ1v) is 17.6. The predicted octanol–water partition coefficient (Wildman–Crippen LogP) is 12.1. The Hall–Kier alpha value is -6.64. The van der Waals surface area contributed by atoms with Crippen molar-refractivity contribution in [3.8, 4) is 56.0 Å². The third-order valence-corrected chi connectivity index (χ3v) is 11.1. The third-order valence-electron chi connectivity index (χ3n) is 11.1. The molecule has 2 aliphatic rings. The summed E-state index contributed by atoms with van der Waals surface area (Å²) in [5.41, 5.74) is 16.5. The van der Waals surface area contributed by atoms with E-state index < -0.39 is 5.41 Å². The maximum absolute atomic E-state index is 4.99. The summed E-state index contributed by atoms with van der Waals surface area (Å²) in [5.74, 6) is 0. The monoisotopic (exact) mass is 646 g/mol. The van der Waals surface area contributed by atoms with Crippen LogP contribution in [0.15, 0.2) is 182 Å². The predicted molar refractivity (Wildman–Crippen MR) is 210 cm³/mol. The molecule has 9 aromatic rings. The van der Waals surface area contributed by atoms with Gasteiger partial charge in [-0.2, -0.15) is 0 Å². The van der Waals surface area contributed by atoms with Crippen molar-refractivity contribution in [1.29, 1.82) is 0 Å². The average molecular weight is 647 g/mol. The van der Waals surface area contributed by atoms with Crippen molar-refractivity contribution in [2.75, 3.05) is 0 Å². The van der Waals surface area contributed by atoms with Crippen LogP contribution in [-0.4, -0.2) is 9.97 Å². The van der Waals surface area contributed by atoms with Gasteiger partial charge < -0.3 is 0 Å². The van der Waals surface area contributed by atoms with Crippen molar-refractivity contribution >= 4 is 21.5 Å². The minimum Gasteiger partial charge on any atom is -0.255 e. The molecule has 0 fully saturated rings. The molecule has 2 aliphatic carbocycles. The SMILES string of the molecule is c1ccc(-c2cccc(-c3cccc(-c4ccc5cc6c(cc5c4)C4(c5ccccc5-c5ccccc54)c4c-6ccc5ccccc45)c3)n2)nc1. The van der Waals surface area contributed by atoms with E-state index >= 15 is 0 Å². The molecule has 2 heterocycles. The molecule has 7 aromatic carbocycles. The zero-order valence-corrected chi connectivity index (χ0v) is 27.7. The van der Waals surface area contributed by atoms with Crippen LogP contribution >= 0.6 is 0 Å². The summed E-state index contributed by atoms with van der Waals surface area (Å²) in [6.45, 7) is 0. The molecule has 0 saturated carbocycles. The first-order chi connectivity index (χ1) is 25.3. The minimum absolute atomic E-state index is 0.410. The van der Waals surface area contributed by atoms with E-state index in [1.165, 1.54) is 77.2 Å². The van der Waals surface area contributed by atoms with Crippen LogP contribution < -0.4 is 0 Å². The molecule has 0 amide bonds. The highest BCUT2D eigenvalue weighted by molar-refractivity contribution is 6.06. The molecule has 0 atom stereocenters. The van der Waals surface area contributed by atoms with Crippen LogP contribution in [-0.2, 0) is 5.41 Å². The van der Waals surface area contributed by atoms with E-state index in [-0.39, 0.29) is 0 Å². The fourth-order valence-electron chi connectivity index (χ4n) is 8.95. The van der Waals surface area contributed by atoms with Gasteiger partial charge in [-0.25, -0.2) is 4.98 Å². The highest BCUT2D eigenvalue weighted by Crippen LogP contribution is 2.64. The van der Waals surface area contributed by atoms with Gasteiger partial charge in [-0.3, -0.25) is 4.98 Å². The Morgan fingerprint density at radius 2 is 1.04 bits per heavy atom. The van der Waals surface area contributed by atoms with E-state index in [1.54, 1.807) is 0 Å². The highest BCUT2D eigenvalue weighted by atomic mass is 14.8. The number of aromatic nitrogens is 2. The lowest BCUT2D eigenvalue weighted by Crippen LogP contribution is -2.26. The van der Waals surface area contributed by atoms with E-state index in [2.05, 4.69) is 157 Å². The zero-order chi connectivity index (χ0) is 33.5. The van der Waals surface area contributed by atoms with E-state index in [0.717, 1.165) is 22.6 Å². The normalized spacial score (nSPS) is 13.3. The Balaban J connectivity index is 1.11. The van der Waals surface area contributed by atoms with Crippen LogP contribution in [0.5, 0.6) is 0 Å². The van der Waals surface area contributed by atoms with Crippen molar-refractivity contribution in [1.82, 2.24) is 9.97 Å². The van der Waals surface area contributed by atoms with Gasteiger partial charge in [0.2, 0.25) is 0 Å². The van der Waals surface area contributed by atoms with E-state index in [0.29, 0.717) is 0 Å². The summed E-state index contributed by atoms with van der Waals surface area (Å²) >= 11 is 0. The number of nitrogens with zero attached hydrogens (tertiary/aromatic N) is 2. The second-order valence-corrected chi connectivity index (χ2v) is 13.7. The number of pyridine rings is 2. The summed E-state index contributed by atoms with van der Waals surface area (Å²) in [7, 11) is 0. The second kappa shape index (κ2) is 10.7. The van der Waals surface area contributed by atoms with Crippen molar-refractivity contribution in [2.24, 2.45) is 0 Å². The summed E-state index contributed by atoms with van der Waals surface area (Å²) in [6, 6.07) is 64.3. The van der Waals surface area contributed by atoms with Gasteiger partial charge in [0.25, 0.3) is 0 Å². The van der Waals surface area contributed by atoms with Crippen molar-refractivity contribution in [3.05, 3.63) is 204 Å².